The fourth-order valence-corrected chi connectivity index (χ4v) is 2.51. The van der Waals surface area contributed by atoms with Crippen molar-refractivity contribution in [3.8, 4) is 0 Å². The van der Waals surface area contributed by atoms with E-state index in [1.54, 1.807) is 60.7 Å². The highest BCUT2D eigenvalue weighted by atomic mass is 19.1. The highest BCUT2D eigenvalue weighted by molar-refractivity contribution is 6.04. The summed E-state index contributed by atoms with van der Waals surface area (Å²) in [6.07, 6.45) is -0.0275. The molecule has 2 amide bonds. The molecule has 0 heterocycles. The van der Waals surface area contributed by atoms with Gasteiger partial charge in [0.15, 0.2) is 5.82 Å². The van der Waals surface area contributed by atoms with E-state index in [1.807, 2.05) is 0 Å². The predicted molar refractivity (Wildman–Crippen MR) is 99.5 cm³/mol. The molecule has 0 radical (unpaired) electrons. The third-order valence-corrected chi connectivity index (χ3v) is 3.85. The van der Waals surface area contributed by atoms with Crippen molar-refractivity contribution >= 4 is 23.2 Å². The molecular formula is C21H16F2N2O2. The largest absolute Gasteiger partial charge is 0.321 e. The van der Waals surface area contributed by atoms with Gasteiger partial charge in [-0.25, -0.2) is 8.78 Å². The van der Waals surface area contributed by atoms with Crippen LogP contribution in [0.4, 0.5) is 20.2 Å². The van der Waals surface area contributed by atoms with Crippen LogP contribution in [-0.4, -0.2) is 11.8 Å². The van der Waals surface area contributed by atoms with Crippen LogP contribution in [0.25, 0.3) is 0 Å². The van der Waals surface area contributed by atoms with E-state index in [-0.39, 0.29) is 12.1 Å². The minimum absolute atomic E-state index is 0.0275. The van der Waals surface area contributed by atoms with Crippen LogP contribution in [0.1, 0.15) is 15.9 Å². The molecule has 4 nitrogen and oxygen atoms in total. The Hall–Kier alpha value is -3.54. The number of benzene rings is 3. The molecule has 136 valence electrons. The zero-order valence-electron chi connectivity index (χ0n) is 14.2. The van der Waals surface area contributed by atoms with E-state index in [2.05, 4.69) is 10.6 Å². The first-order valence-electron chi connectivity index (χ1n) is 8.23. The quantitative estimate of drug-likeness (QED) is 0.703. The van der Waals surface area contributed by atoms with Crippen LogP contribution in [0.5, 0.6) is 0 Å². The Bertz CT molecular complexity index is 961. The molecule has 0 aromatic heterocycles. The molecule has 0 saturated heterocycles. The van der Waals surface area contributed by atoms with Crippen molar-refractivity contribution in [2.45, 2.75) is 6.42 Å². The number of carbonyl (C=O) groups excluding carboxylic acids is 2. The maximum Gasteiger partial charge on any atom is 0.255 e. The van der Waals surface area contributed by atoms with Gasteiger partial charge in [0.05, 0.1) is 12.1 Å². The summed E-state index contributed by atoms with van der Waals surface area (Å²) in [5.74, 6) is -3.07. The number of anilines is 2. The van der Waals surface area contributed by atoms with Gasteiger partial charge in [0, 0.05) is 5.56 Å². The minimum Gasteiger partial charge on any atom is -0.321 e. The number of nitrogens with one attached hydrogen (secondary N) is 2. The molecule has 0 spiro atoms. The average molecular weight is 366 g/mol. The number of hydrogen-bond donors (Lipinski definition) is 2. The number of halogens is 2. The number of amides is 2. The summed E-state index contributed by atoms with van der Waals surface area (Å²) in [5.41, 5.74) is 0.224. The van der Waals surface area contributed by atoms with Crippen molar-refractivity contribution in [1.82, 2.24) is 0 Å². The van der Waals surface area contributed by atoms with Crippen LogP contribution in [0.2, 0.25) is 0 Å². The van der Waals surface area contributed by atoms with Gasteiger partial charge in [0.1, 0.15) is 11.5 Å². The summed E-state index contributed by atoms with van der Waals surface area (Å²) < 4.78 is 28.7. The van der Waals surface area contributed by atoms with Gasteiger partial charge in [-0.05, 0) is 29.8 Å². The topological polar surface area (TPSA) is 58.2 Å². The van der Waals surface area contributed by atoms with Crippen LogP contribution in [0, 0.1) is 11.6 Å². The fraction of sp³-hybridized carbons (Fsp3) is 0.0476. The Kier molecular flexibility index (Phi) is 5.56. The standard InChI is InChI=1S/C21H16F2N2O2/c22-16-11-12-17(24-21(27)15-9-5-2-6-10-15)19(23)20(16)25-18(26)13-14-7-3-1-4-8-14/h1-12H,13H2,(H,24,27)(H,25,26). The molecule has 6 heteroatoms. The number of rotatable bonds is 5. The summed E-state index contributed by atoms with van der Waals surface area (Å²) in [5, 5.41) is 4.63. The summed E-state index contributed by atoms with van der Waals surface area (Å²) >= 11 is 0. The zero-order chi connectivity index (χ0) is 19.2. The highest BCUT2D eigenvalue weighted by Gasteiger charge is 2.18. The van der Waals surface area contributed by atoms with Crippen molar-refractivity contribution in [1.29, 1.82) is 0 Å². The number of hydrogen-bond acceptors (Lipinski definition) is 2. The van der Waals surface area contributed by atoms with Gasteiger partial charge < -0.3 is 10.6 Å². The number of carbonyl (C=O) groups is 2. The molecule has 0 saturated carbocycles. The normalized spacial score (nSPS) is 10.3. The maximum absolute atomic E-state index is 14.6. The predicted octanol–water partition coefficient (Wildman–Crippen LogP) is 4.40. The van der Waals surface area contributed by atoms with Crippen LogP contribution < -0.4 is 10.6 Å². The monoisotopic (exact) mass is 366 g/mol. The first kappa shape index (κ1) is 18.3. The lowest BCUT2D eigenvalue weighted by Crippen LogP contribution is -2.18. The van der Waals surface area contributed by atoms with E-state index in [1.165, 1.54) is 0 Å². The van der Waals surface area contributed by atoms with Crippen molar-refractivity contribution in [3.63, 3.8) is 0 Å². The molecule has 0 atom stereocenters. The van der Waals surface area contributed by atoms with Gasteiger partial charge in [0.2, 0.25) is 5.91 Å². The van der Waals surface area contributed by atoms with Crippen molar-refractivity contribution < 1.29 is 18.4 Å². The first-order chi connectivity index (χ1) is 13.0. The lowest BCUT2D eigenvalue weighted by molar-refractivity contribution is -0.115. The molecule has 0 aliphatic heterocycles. The molecule has 3 aromatic rings. The molecule has 0 aliphatic carbocycles. The average Bonchev–Trinajstić information content (AvgIpc) is 2.69. The lowest BCUT2D eigenvalue weighted by Gasteiger charge is -2.12. The minimum atomic E-state index is -1.04. The van der Waals surface area contributed by atoms with E-state index in [9.17, 15) is 18.4 Å². The van der Waals surface area contributed by atoms with Crippen LogP contribution in [0.15, 0.2) is 72.8 Å². The third-order valence-electron chi connectivity index (χ3n) is 3.85. The van der Waals surface area contributed by atoms with Gasteiger partial charge in [-0.15, -0.1) is 0 Å². The Morgan fingerprint density at radius 3 is 2.07 bits per heavy atom. The molecule has 0 fully saturated rings. The van der Waals surface area contributed by atoms with Crippen molar-refractivity contribution in [2.75, 3.05) is 10.6 Å². The Morgan fingerprint density at radius 2 is 1.41 bits per heavy atom. The summed E-state index contributed by atoms with van der Waals surface area (Å²) in [7, 11) is 0. The van der Waals surface area contributed by atoms with Gasteiger partial charge >= 0.3 is 0 Å². The maximum atomic E-state index is 14.6. The molecule has 0 unspecified atom stereocenters. The van der Waals surface area contributed by atoms with Crippen LogP contribution >= 0.6 is 0 Å². The highest BCUT2D eigenvalue weighted by Crippen LogP contribution is 2.26. The smallest absolute Gasteiger partial charge is 0.255 e. The van der Waals surface area contributed by atoms with E-state index in [0.717, 1.165) is 12.1 Å². The molecule has 3 rings (SSSR count). The summed E-state index contributed by atoms with van der Waals surface area (Å²) in [6.45, 7) is 0. The summed E-state index contributed by atoms with van der Waals surface area (Å²) in [6, 6.07) is 19.1. The third kappa shape index (κ3) is 4.55. The van der Waals surface area contributed by atoms with Gasteiger partial charge in [-0.2, -0.15) is 0 Å². The molecular weight excluding hydrogens is 350 g/mol. The van der Waals surface area contributed by atoms with E-state index >= 15 is 0 Å². The van der Waals surface area contributed by atoms with Gasteiger partial charge in [-0.1, -0.05) is 48.5 Å². The SMILES string of the molecule is O=C(Cc1ccccc1)Nc1c(F)ccc(NC(=O)c2ccccc2)c1F. The molecule has 27 heavy (non-hydrogen) atoms. The molecule has 3 aromatic carbocycles. The van der Waals surface area contributed by atoms with E-state index in [0.29, 0.717) is 11.1 Å². The van der Waals surface area contributed by atoms with Crippen LogP contribution in [-0.2, 0) is 11.2 Å². The van der Waals surface area contributed by atoms with E-state index < -0.39 is 29.1 Å². The van der Waals surface area contributed by atoms with Crippen LogP contribution in [0.3, 0.4) is 0 Å². The van der Waals surface area contributed by atoms with Crippen molar-refractivity contribution in [3.05, 3.63) is 95.6 Å². The Balaban J connectivity index is 1.77. The van der Waals surface area contributed by atoms with Gasteiger partial charge in [-0.3, -0.25) is 9.59 Å². The Labute approximate surface area is 154 Å². The molecule has 2 N–H and O–H groups in total. The lowest BCUT2D eigenvalue weighted by atomic mass is 10.1. The Morgan fingerprint density at radius 1 is 0.778 bits per heavy atom. The second-order valence-electron chi connectivity index (χ2n) is 5.81. The zero-order valence-corrected chi connectivity index (χ0v) is 14.2. The molecule has 0 aliphatic rings. The second-order valence-corrected chi connectivity index (χ2v) is 5.81. The fourth-order valence-electron chi connectivity index (χ4n) is 2.51. The van der Waals surface area contributed by atoms with Gasteiger partial charge in [0.25, 0.3) is 5.91 Å². The summed E-state index contributed by atoms with van der Waals surface area (Å²) in [4.78, 5) is 24.3. The molecule has 0 bridgehead atoms. The van der Waals surface area contributed by atoms with Crippen molar-refractivity contribution in [2.24, 2.45) is 0 Å². The first-order valence-corrected chi connectivity index (χ1v) is 8.23. The van der Waals surface area contributed by atoms with E-state index in [4.69, 9.17) is 0 Å². The second kappa shape index (κ2) is 8.23.